The third-order valence-electron chi connectivity index (χ3n) is 24.8. The number of hydrogen-bond donors (Lipinski definition) is 7. The summed E-state index contributed by atoms with van der Waals surface area (Å²) in [4.78, 5) is 286. The number of carbonyl (C=O) groups is 14. The predicted octanol–water partition coefficient (Wildman–Crippen LogP) is 8.05. The highest BCUT2D eigenvalue weighted by atomic mass is 16.2. The molecular formula is C105H105N21O21. The minimum Gasteiger partial charge on any atom is -0.398 e. The average Bonchev–Trinajstić information content (AvgIpc) is 0.703. The molecule has 0 bridgehead atoms. The molecule has 147 heavy (non-hydrogen) atoms. The molecule has 756 valence electrons. The van der Waals surface area contributed by atoms with Gasteiger partial charge in [-0.05, 0) is 178 Å². The summed E-state index contributed by atoms with van der Waals surface area (Å²) in [6.07, 6.45) is -8.49. The lowest BCUT2D eigenvalue weighted by Gasteiger charge is -2.24. The highest BCUT2D eigenvalue weighted by Crippen LogP contribution is 2.35. The van der Waals surface area contributed by atoms with Crippen molar-refractivity contribution < 1.29 is 104 Å². The van der Waals surface area contributed by atoms with Gasteiger partial charge >= 0.3 is 0 Å². The number of carbonyl (C=O) groups excluding carboxylic acids is 14. The normalized spacial score (nSPS) is 23.6. The van der Waals surface area contributed by atoms with Gasteiger partial charge < -0.3 is 40.1 Å². The Morgan fingerprint density at radius 2 is 0.497 bits per heavy atom. The van der Waals surface area contributed by atoms with E-state index in [2.05, 4.69) is 34.9 Å². The molecule has 7 heterocycles. The fraction of sp³-hybridized carbons (Fsp3) is 0.333. The van der Waals surface area contributed by atoms with Gasteiger partial charge in [0, 0.05) is 107 Å². The lowest BCUT2D eigenvalue weighted by Crippen LogP contribution is -2.36. The number of aromatic nitrogens is 14. The molecule has 7 aromatic carbocycles. The Kier molecular flexibility index (Phi) is 21.5. The van der Waals surface area contributed by atoms with Gasteiger partial charge in [0.05, 0.1) is 179 Å². The van der Waals surface area contributed by atoms with Gasteiger partial charge in [-0.15, -0.1) is 0 Å². The van der Waals surface area contributed by atoms with E-state index in [0.29, 0.717) is 22.2 Å². The van der Waals surface area contributed by atoms with Gasteiger partial charge in [-0.3, -0.25) is 133 Å². The molecule has 7 saturated carbocycles. The van der Waals surface area contributed by atoms with E-state index < -0.39 is 253 Å². The SMILES string of the molecule is [2H]C([2H])c1nc2cccc(N)c2c(=O)n1C1([2H])CCC(=O)CC1=O.[2H]C([2H])c1nc2cccc(N)c2c(=O)n1C1CCC(=O)CC1=O.[2H]Cc1nc2c([2H])c([2H])c([2H])c(N)c2c(=O)n1C1CCC(=O)CC1=O.[2H]Cc1nc2cccc(N)c2c(=O)n1C1([2H])CCC(=O)CC1=O.[2H]Cc1nc2cccc(N)c2c(=O)n1C1CCC(=O)CC1=O.[2H]c1c([2H])c(N)c2c(=O)n(C3CCC(=O)CC3=O)c(C([2H])[2H])nc2c1[2H].[2H]c1c([2H])c(N)c2c(=O)n([C@H]3C(=O)CC(=O)C([2H])([2H])C3([2H])[2H])c(C([2H])([2H])[2H])nc2c1[2H]. The van der Waals surface area contributed by atoms with Gasteiger partial charge in [-0.1, -0.05) is 42.4 Å². The van der Waals surface area contributed by atoms with Crippen molar-refractivity contribution in [2.75, 3.05) is 40.1 Å². The maximum atomic E-state index is 13.3. The molecule has 7 aliphatic carbocycles. The second-order valence-corrected chi connectivity index (χ2v) is 34.4. The lowest BCUT2D eigenvalue weighted by atomic mass is 9.92. The largest absolute Gasteiger partial charge is 0.398 e. The van der Waals surface area contributed by atoms with Crippen LogP contribution in [-0.4, -0.2) is 148 Å². The van der Waals surface area contributed by atoms with E-state index in [4.69, 9.17) is 77.1 Å². The lowest BCUT2D eigenvalue weighted by molar-refractivity contribution is -0.133. The van der Waals surface area contributed by atoms with E-state index >= 15 is 0 Å². The zero-order chi connectivity index (χ0) is 129. The summed E-state index contributed by atoms with van der Waals surface area (Å²) in [5, 5.41) is -0.580. The Labute approximate surface area is 871 Å². The van der Waals surface area contributed by atoms with Crippen LogP contribution in [0.25, 0.3) is 76.3 Å². The van der Waals surface area contributed by atoms with E-state index in [1.807, 2.05) is 0 Å². The Morgan fingerprint density at radius 1 is 0.265 bits per heavy atom. The average molecular weight is 2020 g/mol. The quantitative estimate of drug-likeness (QED) is 0.0585. The number of Topliss-reactive ketones (excluding diaryl/α,β-unsaturated/α-hetero) is 14. The Hall–Kier alpha value is -17.5. The number of rotatable bonds is 7. The van der Waals surface area contributed by atoms with Crippen LogP contribution in [0.4, 0.5) is 39.8 Å². The minimum atomic E-state index is -3.34. The minimum absolute atomic E-state index is 0.0193. The van der Waals surface area contributed by atoms with Crippen LogP contribution in [0.15, 0.2) is 161 Å². The number of aryl methyl sites for hydroxylation is 7. The number of nitrogens with two attached hydrogens (primary N) is 7. The summed E-state index contributed by atoms with van der Waals surface area (Å²) in [6.45, 7) is -9.17. The monoisotopic (exact) mass is 2020 g/mol. The standard InChI is InChI=1S/7C15H15N3O3/c7*1-8-17-11-4-2-3-10(16)14(11)15(21)18(8)12-6-5-9(19)7-13(12)20/h7*2-4,12H,5-7,16H2,1H3/t12-;;;;;;/m1....../s1/i1D3,2D,3D,4D,5D2,6D2;1D2,2D,3D,4D;1D,2D,3D,4D;1D2,12D;1D,12D;1D2;1D. The molecule has 14 N–H and O–H groups in total. The van der Waals surface area contributed by atoms with Gasteiger partial charge in [-0.2, -0.15) is 0 Å². The smallest absolute Gasteiger partial charge is 0.264 e. The highest BCUT2D eigenvalue weighted by Gasteiger charge is 2.39. The Bertz CT molecular complexity index is 9840. The van der Waals surface area contributed by atoms with Gasteiger partial charge in [0.2, 0.25) is 0 Å². The zero-order valence-electron chi connectivity index (χ0n) is 104. The molecule has 0 saturated heterocycles. The van der Waals surface area contributed by atoms with Crippen molar-refractivity contribution in [1.82, 2.24) is 66.9 Å². The van der Waals surface area contributed by atoms with Gasteiger partial charge in [0.15, 0.2) is 40.5 Å². The number of fused-ring (bicyclic) bond motifs is 7. The van der Waals surface area contributed by atoms with Crippen molar-refractivity contribution in [1.29, 1.82) is 0 Å². The number of hydrogen-bond acceptors (Lipinski definition) is 35. The van der Waals surface area contributed by atoms with Crippen molar-refractivity contribution in [3.8, 4) is 0 Å². The first kappa shape index (κ1) is 73.6. The molecule has 0 aliphatic heterocycles. The van der Waals surface area contributed by atoms with E-state index in [1.165, 1.54) is 16.7 Å². The number of benzene rings is 7. The molecule has 7 aromatic heterocycles. The van der Waals surface area contributed by atoms with Crippen molar-refractivity contribution in [2.45, 2.75) is 225 Å². The highest BCUT2D eigenvalue weighted by molar-refractivity contribution is 6.09. The Morgan fingerprint density at radius 3 is 0.796 bits per heavy atom. The van der Waals surface area contributed by atoms with Crippen LogP contribution in [0.3, 0.4) is 0 Å². The van der Waals surface area contributed by atoms with E-state index in [-0.39, 0.29) is 286 Å². The van der Waals surface area contributed by atoms with E-state index in [1.54, 1.807) is 60.7 Å². The molecule has 14 aromatic rings. The molecule has 0 radical (unpaired) electrons. The van der Waals surface area contributed by atoms with Gasteiger partial charge in [0.1, 0.15) is 81.3 Å². The van der Waals surface area contributed by atoms with Crippen LogP contribution >= 0.6 is 0 Å². The van der Waals surface area contributed by atoms with E-state index in [9.17, 15) is 101 Å². The predicted molar refractivity (Wildman–Crippen MR) is 546 cm³/mol. The van der Waals surface area contributed by atoms with Crippen molar-refractivity contribution in [3.05, 3.63) is 240 Å². The van der Waals surface area contributed by atoms with Crippen LogP contribution in [-0.2, 0) is 67.1 Å². The summed E-state index contributed by atoms with van der Waals surface area (Å²) in [6, 6.07) is 4.11. The van der Waals surface area contributed by atoms with E-state index in [0.717, 1.165) is 22.8 Å². The summed E-state index contributed by atoms with van der Waals surface area (Å²) >= 11 is 0. The molecule has 6 unspecified atom stereocenters. The number of anilines is 7. The Balaban J connectivity index is 0.000000148. The van der Waals surface area contributed by atoms with Crippen LogP contribution in [0.1, 0.15) is 255 Å². The van der Waals surface area contributed by atoms with Crippen LogP contribution in [0, 0.1) is 48.2 Å². The number of nitrogen functional groups attached to an aromatic ring is 7. The molecule has 42 heteroatoms. The second kappa shape index (κ2) is 43.0. The fourth-order valence-electron chi connectivity index (χ4n) is 17.8. The topological polar surface area (TPSA) is 665 Å². The third kappa shape index (κ3) is 21.2. The molecule has 21 rings (SSSR count). The van der Waals surface area contributed by atoms with Crippen molar-refractivity contribution in [2.24, 2.45) is 0 Å². The molecular weight excluding hydrogens is 1890 g/mol. The molecule has 7 fully saturated rings. The first-order chi connectivity index (χ1) is 81.4. The summed E-state index contributed by atoms with van der Waals surface area (Å²) in [7, 11) is 0. The van der Waals surface area contributed by atoms with Gasteiger partial charge in [-0.25, -0.2) is 34.9 Å². The number of nitrogens with zero attached hydrogens (tertiary/aromatic N) is 14. The first-order valence-corrected chi connectivity index (χ1v) is 44.9. The summed E-state index contributed by atoms with van der Waals surface area (Å²) < 4.78 is 217. The van der Waals surface area contributed by atoms with Crippen molar-refractivity contribution in [3.63, 3.8) is 0 Å². The third-order valence-corrected chi connectivity index (χ3v) is 24.8. The van der Waals surface area contributed by atoms with Crippen LogP contribution < -0.4 is 79.1 Å². The second-order valence-electron chi connectivity index (χ2n) is 34.4. The zero-order valence-corrected chi connectivity index (χ0v) is 77.5. The summed E-state index contributed by atoms with van der Waals surface area (Å²) in [5.74, 6) is -8.61. The molecule has 42 nitrogen and oxygen atoms in total. The maximum absolute atomic E-state index is 13.3. The van der Waals surface area contributed by atoms with Crippen molar-refractivity contribution >= 4 is 197 Å². The van der Waals surface area contributed by atoms with Gasteiger partial charge in [0.25, 0.3) is 38.9 Å². The fourth-order valence-corrected chi connectivity index (χ4v) is 17.8. The maximum Gasteiger partial charge on any atom is 0.264 e. The van der Waals surface area contributed by atoms with Crippen LogP contribution in [0.2, 0.25) is 0 Å². The van der Waals surface area contributed by atoms with Crippen LogP contribution in [0.5, 0.6) is 0 Å². The molecule has 0 spiro atoms. The molecule has 7 aliphatic rings. The first-order valence-electron chi connectivity index (χ1n) is 59.4. The molecule has 0 amide bonds. The number of ketones is 14. The summed E-state index contributed by atoms with van der Waals surface area (Å²) in [5.41, 5.74) is 35.2. The molecule has 7 atom stereocenters.